The summed E-state index contributed by atoms with van der Waals surface area (Å²) in [4.78, 5) is 21.8. The van der Waals surface area contributed by atoms with Gasteiger partial charge in [0.15, 0.2) is 5.13 Å². The number of rotatable bonds is 9. The molecule has 11 heteroatoms. The fourth-order valence-electron chi connectivity index (χ4n) is 4.00. The lowest BCUT2D eigenvalue weighted by Crippen LogP contribution is -2.48. The highest BCUT2D eigenvalue weighted by Crippen LogP contribution is 2.38. The van der Waals surface area contributed by atoms with Crippen LogP contribution >= 0.6 is 22.9 Å². The van der Waals surface area contributed by atoms with Crippen molar-refractivity contribution in [2.75, 3.05) is 51.3 Å². The molecule has 190 valence electrons. The van der Waals surface area contributed by atoms with Gasteiger partial charge in [-0.05, 0) is 36.4 Å². The van der Waals surface area contributed by atoms with Gasteiger partial charge in [0.2, 0.25) is 10.0 Å². The third-order valence-electron chi connectivity index (χ3n) is 5.91. The molecule has 0 atom stereocenters. The summed E-state index contributed by atoms with van der Waals surface area (Å²) in [6.07, 6.45) is 3.05. The molecule has 2 heterocycles. The molecule has 1 aliphatic heterocycles. The minimum atomic E-state index is -3.71. The van der Waals surface area contributed by atoms with E-state index in [4.69, 9.17) is 21.3 Å². The summed E-state index contributed by atoms with van der Waals surface area (Å²) >= 11 is 7.86. The third-order valence-corrected chi connectivity index (χ3v) is 9.33. The zero-order valence-corrected chi connectivity index (χ0v) is 22.3. The average Bonchev–Trinajstić information content (AvgIpc) is 3.35. The van der Waals surface area contributed by atoms with Gasteiger partial charge in [0.25, 0.3) is 5.91 Å². The zero-order chi connectivity index (χ0) is 25.9. The minimum absolute atomic E-state index is 0.123. The Balaban J connectivity index is 1.44. The maximum Gasteiger partial charge on any atom is 0.253 e. The van der Waals surface area contributed by atoms with Crippen molar-refractivity contribution in [1.82, 2.24) is 14.2 Å². The first-order valence-corrected chi connectivity index (χ1v) is 13.9. The molecule has 0 unspecified atom stereocenters. The van der Waals surface area contributed by atoms with Crippen LogP contribution in [0.2, 0.25) is 5.02 Å². The van der Waals surface area contributed by atoms with Crippen molar-refractivity contribution in [3.63, 3.8) is 0 Å². The first-order chi connectivity index (χ1) is 17.3. The van der Waals surface area contributed by atoms with E-state index in [0.29, 0.717) is 42.5 Å². The number of methoxy groups -OCH3 is 1. The largest absolute Gasteiger partial charge is 0.494 e. The monoisotopic (exact) mass is 546 g/mol. The Morgan fingerprint density at radius 1 is 1.11 bits per heavy atom. The smallest absolute Gasteiger partial charge is 0.253 e. The number of halogens is 1. The molecule has 4 rings (SSSR count). The van der Waals surface area contributed by atoms with Crippen LogP contribution in [-0.4, -0.2) is 74.9 Å². The van der Waals surface area contributed by atoms with Crippen LogP contribution in [0.25, 0.3) is 10.2 Å². The maximum atomic E-state index is 13.1. The number of amides is 1. The fraction of sp³-hybridized carbons (Fsp3) is 0.280. The molecule has 0 saturated carbocycles. The number of piperazine rings is 1. The Hall–Kier alpha value is -2.92. The third kappa shape index (κ3) is 5.12. The average molecular weight is 547 g/mol. The standard InChI is InChI=1S/C25H27ClN4O4S2/c1-4-12-30(13-5-2)36(32,33)19-8-6-18(7-9-19)24(31)28-14-16-29(17-15-28)25-27-22-21(34-3)11-10-20(26)23(22)35-25/h4-11H,1-2,12-17H2,3H3. The van der Waals surface area contributed by atoms with Crippen LogP contribution in [0.4, 0.5) is 5.13 Å². The van der Waals surface area contributed by atoms with Crippen LogP contribution in [0.3, 0.4) is 0 Å². The van der Waals surface area contributed by atoms with Crippen molar-refractivity contribution >= 4 is 54.2 Å². The molecule has 1 aromatic heterocycles. The second kappa shape index (κ2) is 11.0. The van der Waals surface area contributed by atoms with Crippen LogP contribution in [0.15, 0.2) is 66.6 Å². The molecule has 1 saturated heterocycles. The summed E-state index contributed by atoms with van der Waals surface area (Å²) in [6, 6.07) is 9.66. The van der Waals surface area contributed by atoms with Gasteiger partial charge in [-0.2, -0.15) is 4.31 Å². The number of benzene rings is 2. The molecule has 3 aromatic rings. The van der Waals surface area contributed by atoms with Crippen molar-refractivity contribution in [1.29, 1.82) is 0 Å². The SMILES string of the molecule is C=CCN(CC=C)S(=O)(=O)c1ccc(C(=O)N2CCN(c3nc4c(OC)ccc(Cl)c4s3)CC2)cc1. The predicted molar refractivity (Wildman–Crippen MR) is 145 cm³/mol. The number of hydrogen-bond donors (Lipinski definition) is 0. The number of fused-ring (bicyclic) bond motifs is 1. The van der Waals surface area contributed by atoms with Crippen molar-refractivity contribution in [3.05, 3.63) is 72.3 Å². The lowest BCUT2D eigenvalue weighted by atomic mass is 10.2. The van der Waals surface area contributed by atoms with Gasteiger partial charge in [-0.1, -0.05) is 35.1 Å². The van der Waals surface area contributed by atoms with Gasteiger partial charge in [0.1, 0.15) is 11.3 Å². The number of nitrogens with zero attached hydrogens (tertiary/aromatic N) is 4. The molecule has 0 aliphatic carbocycles. The number of carbonyl (C=O) groups excluding carboxylic acids is 1. The van der Waals surface area contributed by atoms with E-state index in [2.05, 4.69) is 18.1 Å². The van der Waals surface area contributed by atoms with Crippen molar-refractivity contribution in [2.24, 2.45) is 0 Å². The molecule has 0 bridgehead atoms. The Kier molecular flexibility index (Phi) is 7.99. The van der Waals surface area contributed by atoms with E-state index < -0.39 is 10.0 Å². The first-order valence-electron chi connectivity index (χ1n) is 11.3. The summed E-state index contributed by atoms with van der Waals surface area (Å²) in [6.45, 7) is 9.86. The number of sulfonamides is 1. The van der Waals surface area contributed by atoms with E-state index in [1.165, 1.54) is 39.9 Å². The zero-order valence-electron chi connectivity index (χ0n) is 19.9. The molecule has 0 radical (unpaired) electrons. The number of anilines is 1. The fourth-order valence-corrected chi connectivity index (χ4v) is 6.69. The van der Waals surface area contributed by atoms with Gasteiger partial charge < -0.3 is 14.5 Å². The van der Waals surface area contributed by atoms with E-state index in [1.807, 2.05) is 0 Å². The Morgan fingerprint density at radius 3 is 2.33 bits per heavy atom. The van der Waals surface area contributed by atoms with Crippen LogP contribution in [-0.2, 0) is 10.0 Å². The van der Waals surface area contributed by atoms with E-state index in [9.17, 15) is 13.2 Å². The number of carbonyl (C=O) groups is 1. The second-order valence-corrected chi connectivity index (χ2v) is 11.4. The van der Waals surface area contributed by atoms with Gasteiger partial charge in [-0.25, -0.2) is 13.4 Å². The topological polar surface area (TPSA) is 83.1 Å². The van der Waals surface area contributed by atoms with Crippen molar-refractivity contribution < 1.29 is 17.9 Å². The molecule has 1 aliphatic rings. The summed E-state index contributed by atoms with van der Waals surface area (Å²) in [7, 11) is -2.11. The van der Waals surface area contributed by atoms with E-state index in [1.54, 1.807) is 36.3 Å². The van der Waals surface area contributed by atoms with Crippen LogP contribution in [0, 0.1) is 0 Å². The highest BCUT2D eigenvalue weighted by molar-refractivity contribution is 7.89. The van der Waals surface area contributed by atoms with E-state index in [0.717, 1.165) is 15.3 Å². The van der Waals surface area contributed by atoms with Crippen LogP contribution in [0.1, 0.15) is 10.4 Å². The maximum absolute atomic E-state index is 13.1. The Bertz CT molecular complexity index is 1370. The molecular formula is C25H27ClN4O4S2. The van der Waals surface area contributed by atoms with Crippen molar-refractivity contribution in [2.45, 2.75) is 4.90 Å². The number of thiazole rings is 1. The predicted octanol–water partition coefficient (Wildman–Crippen LogP) is 4.28. The quantitative estimate of drug-likeness (QED) is 0.372. The molecule has 1 fully saturated rings. The van der Waals surface area contributed by atoms with Gasteiger partial charge in [0, 0.05) is 44.8 Å². The highest BCUT2D eigenvalue weighted by atomic mass is 35.5. The Morgan fingerprint density at radius 2 is 1.75 bits per heavy atom. The first kappa shape index (κ1) is 26.2. The Labute approximate surface area is 220 Å². The summed E-state index contributed by atoms with van der Waals surface area (Å²) in [5, 5.41) is 1.47. The van der Waals surface area contributed by atoms with Gasteiger partial charge >= 0.3 is 0 Å². The highest BCUT2D eigenvalue weighted by Gasteiger charge is 2.26. The number of ether oxygens (including phenoxy) is 1. The number of hydrogen-bond acceptors (Lipinski definition) is 7. The van der Waals surface area contributed by atoms with Crippen molar-refractivity contribution in [3.8, 4) is 5.75 Å². The second-order valence-electron chi connectivity index (χ2n) is 8.13. The molecule has 0 spiro atoms. The van der Waals surface area contributed by atoms with E-state index in [-0.39, 0.29) is 23.9 Å². The summed E-state index contributed by atoms with van der Waals surface area (Å²) in [5.74, 6) is 0.537. The molecule has 8 nitrogen and oxygen atoms in total. The minimum Gasteiger partial charge on any atom is -0.494 e. The number of aromatic nitrogens is 1. The molecule has 0 N–H and O–H groups in total. The molecule has 2 aromatic carbocycles. The van der Waals surface area contributed by atoms with Gasteiger partial charge in [-0.3, -0.25) is 4.79 Å². The van der Waals surface area contributed by atoms with Crippen LogP contribution in [0.5, 0.6) is 5.75 Å². The molecular weight excluding hydrogens is 520 g/mol. The molecule has 1 amide bonds. The normalized spacial score (nSPS) is 14.3. The summed E-state index contributed by atoms with van der Waals surface area (Å²) < 4.78 is 33.4. The van der Waals surface area contributed by atoms with Gasteiger partial charge in [-0.15, -0.1) is 13.2 Å². The lowest BCUT2D eigenvalue weighted by molar-refractivity contribution is 0.0746. The van der Waals surface area contributed by atoms with Crippen LogP contribution < -0.4 is 9.64 Å². The van der Waals surface area contributed by atoms with Gasteiger partial charge in [0.05, 0.1) is 21.7 Å². The summed E-state index contributed by atoms with van der Waals surface area (Å²) in [5.41, 5.74) is 1.18. The van der Waals surface area contributed by atoms with E-state index >= 15 is 0 Å². The molecule has 36 heavy (non-hydrogen) atoms. The lowest BCUT2D eigenvalue weighted by Gasteiger charge is -2.34.